The summed E-state index contributed by atoms with van der Waals surface area (Å²) >= 11 is 0. The number of H-pyrrole nitrogens is 1. The van der Waals surface area contributed by atoms with E-state index < -0.39 is 0 Å². The number of hydrogen-bond acceptors (Lipinski definition) is 2. The molecule has 0 radical (unpaired) electrons. The summed E-state index contributed by atoms with van der Waals surface area (Å²) in [4.78, 5) is 7.57. The fourth-order valence-corrected chi connectivity index (χ4v) is 2.33. The molecule has 1 aliphatic rings. The number of fused-ring (bicyclic) bond motifs is 1. The highest BCUT2D eigenvalue weighted by atomic mass is 19.1. The molecule has 0 bridgehead atoms. The van der Waals surface area contributed by atoms with Crippen molar-refractivity contribution >= 4 is 17.0 Å². The summed E-state index contributed by atoms with van der Waals surface area (Å²) in [5.41, 5.74) is 1.55. The van der Waals surface area contributed by atoms with Gasteiger partial charge in [0.25, 0.3) is 0 Å². The predicted octanol–water partition coefficient (Wildman–Crippen LogP) is 3.69. The first-order chi connectivity index (χ1) is 8.74. The van der Waals surface area contributed by atoms with Gasteiger partial charge in [-0.3, -0.25) is 0 Å². The summed E-state index contributed by atoms with van der Waals surface area (Å²) in [6.45, 7) is 2.18. The molecule has 1 aromatic carbocycles. The molecule has 3 nitrogen and oxygen atoms in total. The second kappa shape index (κ2) is 4.59. The first-order valence-electron chi connectivity index (χ1n) is 6.66. The van der Waals surface area contributed by atoms with Crippen molar-refractivity contribution < 1.29 is 4.39 Å². The molecule has 0 spiro atoms. The van der Waals surface area contributed by atoms with Crippen LogP contribution in [0.25, 0.3) is 11.0 Å². The van der Waals surface area contributed by atoms with Crippen molar-refractivity contribution in [2.45, 2.75) is 38.6 Å². The van der Waals surface area contributed by atoms with Crippen molar-refractivity contribution in [1.82, 2.24) is 9.97 Å². The van der Waals surface area contributed by atoms with E-state index in [0.717, 1.165) is 29.3 Å². The maximum absolute atomic E-state index is 13.1. The van der Waals surface area contributed by atoms with Crippen LogP contribution in [0.3, 0.4) is 0 Å². The maximum Gasteiger partial charge on any atom is 0.201 e. The molecule has 4 heteroatoms. The number of nitrogens with one attached hydrogen (secondary N) is 2. The van der Waals surface area contributed by atoms with Gasteiger partial charge in [0, 0.05) is 6.04 Å². The Labute approximate surface area is 106 Å². The lowest BCUT2D eigenvalue weighted by molar-refractivity contribution is 0.584. The van der Waals surface area contributed by atoms with Crippen LogP contribution in [0.5, 0.6) is 0 Å². The number of halogens is 1. The van der Waals surface area contributed by atoms with Crippen LogP contribution < -0.4 is 5.32 Å². The lowest BCUT2D eigenvalue weighted by Crippen LogP contribution is -2.19. The Morgan fingerprint density at radius 3 is 3.06 bits per heavy atom. The summed E-state index contributed by atoms with van der Waals surface area (Å²) in [5.74, 6) is 1.41. The van der Waals surface area contributed by atoms with Gasteiger partial charge in [-0.2, -0.15) is 0 Å². The van der Waals surface area contributed by atoms with Crippen molar-refractivity contribution in [3.63, 3.8) is 0 Å². The maximum atomic E-state index is 13.1. The van der Waals surface area contributed by atoms with Crippen molar-refractivity contribution in [2.75, 3.05) is 5.32 Å². The van der Waals surface area contributed by atoms with Crippen LogP contribution in [0.2, 0.25) is 0 Å². The highest BCUT2D eigenvalue weighted by Crippen LogP contribution is 2.34. The first-order valence-corrected chi connectivity index (χ1v) is 6.66. The molecule has 1 heterocycles. The number of aromatic nitrogens is 2. The van der Waals surface area contributed by atoms with E-state index in [-0.39, 0.29) is 5.82 Å². The minimum Gasteiger partial charge on any atom is -0.353 e. The van der Waals surface area contributed by atoms with Crippen molar-refractivity contribution in [2.24, 2.45) is 5.92 Å². The molecule has 1 aromatic heterocycles. The number of anilines is 1. The summed E-state index contributed by atoms with van der Waals surface area (Å²) in [5, 5.41) is 3.42. The molecule has 0 aliphatic heterocycles. The largest absolute Gasteiger partial charge is 0.353 e. The molecule has 2 N–H and O–H groups in total. The Morgan fingerprint density at radius 2 is 2.33 bits per heavy atom. The molecule has 1 atom stereocenters. The van der Waals surface area contributed by atoms with Gasteiger partial charge in [-0.15, -0.1) is 0 Å². The lowest BCUT2D eigenvalue weighted by atomic mass is 10.1. The van der Waals surface area contributed by atoms with E-state index in [0.29, 0.717) is 6.04 Å². The van der Waals surface area contributed by atoms with E-state index in [9.17, 15) is 4.39 Å². The van der Waals surface area contributed by atoms with E-state index in [1.807, 2.05) is 0 Å². The third-order valence-electron chi connectivity index (χ3n) is 3.59. The van der Waals surface area contributed by atoms with Crippen LogP contribution in [0, 0.1) is 11.7 Å². The fourth-order valence-electron chi connectivity index (χ4n) is 2.33. The smallest absolute Gasteiger partial charge is 0.201 e. The van der Waals surface area contributed by atoms with Crippen LogP contribution >= 0.6 is 0 Å². The minimum atomic E-state index is -0.234. The van der Waals surface area contributed by atoms with Gasteiger partial charge in [0.15, 0.2) is 0 Å². The molecule has 96 valence electrons. The van der Waals surface area contributed by atoms with Gasteiger partial charge < -0.3 is 10.3 Å². The molecule has 1 saturated carbocycles. The standard InChI is InChI=1S/C14H18FN3/c1-2-11(7-9-3-4-9)16-14-17-12-6-5-10(15)8-13(12)18-14/h5-6,8-9,11H,2-4,7H2,1H3,(H2,16,17,18). The molecular formula is C14H18FN3. The van der Waals surface area contributed by atoms with Crippen LogP contribution in [0.4, 0.5) is 10.3 Å². The average molecular weight is 247 g/mol. The number of rotatable bonds is 5. The average Bonchev–Trinajstić information content (AvgIpc) is 3.07. The predicted molar refractivity (Wildman–Crippen MR) is 71.1 cm³/mol. The monoisotopic (exact) mass is 247 g/mol. The van der Waals surface area contributed by atoms with E-state index >= 15 is 0 Å². The van der Waals surface area contributed by atoms with Gasteiger partial charge in [0.2, 0.25) is 5.95 Å². The Hall–Kier alpha value is -1.58. The van der Waals surface area contributed by atoms with Gasteiger partial charge in [-0.05, 0) is 37.0 Å². The lowest BCUT2D eigenvalue weighted by Gasteiger charge is -2.15. The van der Waals surface area contributed by atoms with Crippen molar-refractivity contribution in [3.05, 3.63) is 24.0 Å². The molecular weight excluding hydrogens is 229 g/mol. The van der Waals surface area contributed by atoms with Crippen molar-refractivity contribution in [3.8, 4) is 0 Å². The van der Waals surface area contributed by atoms with Gasteiger partial charge in [-0.25, -0.2) is 9.37 Å². The molecule has 1 unspecified atom stereocenters. The highest BCUT2D eigenvalue weighted by molar-refractivity contribution is 5.77. The Bertz CT molecular complexity index is 545. The zero-order chi connectivity index (χ0) is 12.5. The number of benzene rings is 1. The van der Waals surface area contributed by atoms with Crippen LogP contribution in [-0.4, -0.2) is 16.0 Å². The third-order valence-corrected chi connectivity index (χ3v) is 3.59. The zero-order valence-electron chi connectivity index (χ0n) is 10.5. The SMILES string of the molecule is CCC(CC1CC1)Nc1nc2ccc(F)cc2[nH]1. The number of nitrogens with zero attached hydrogens (tertiary/aromatic N) is 1. The topological polar surface area (TPSA) is 40.7 Å². The molecule has 2 aromatic rings. The first kappa shape index (κ1) is 11.5. The summed E-state index contributed by atoms with van der Waals surface area (Å²) in [7, 11) is 0. The molecule has 1 fully saturated rings. The van der Waals surface area contributed by atoms with Crippen LogP contribution in [-0.2, 0) is 0 Å². The highest BCUT2D eigenvalue weighted by Gasteiger charge is 2.25. The van der Waals surface area contributed by atoms with E-state index in [4.69, 9.17) is 0 Å². The Balaban J connectivity index is 1.76. The second-order valence-electron chi connectivity index (χ2n) is 5.18. The quantitative estimate of drug-likeness (QED) is 0.846. The van der Waals surface area contributed by atoms with E-state index in [1.54, 1.807) is 6.07 Å². The number of imidazole rings is 1. The van der Waals surface area contributed by atoms with Crippen molar-refractivity contribution in [1.29, 1.82) is 0 Å². The van der Waals surface area contributed by atoms with Gasteiger partial charge in [-0.1, -0.05) is 19.8 Å². The molecule has 1 aliphatic carbocycles. The van der Waals surface area contributed by atoms with Crippen LogP contribution in [0.1, 0.15) is 32.6 Å². The van der Waals surface area contributed by atoms with E-state index in [1.165, 1.54) is 31.4 Å². The molecule has 0 saturated heterocycles. The van der Waals surface area contributed by atoms with Gasteiger partial charge >= 0.3 is 0 Å². The summed E-state index contributed by atoms with van der Waals surface area (Å²) in [6.07, 6.45) is 5.02. The van der Waals surface area contributed by atoms with Crippen LogP contribution in [0.15, 0.2) is 18.2 Å². The summed E-state index contributed by atoms with van der Waals surface area (Å²) in [6, 6.07) is 5.08. The third kappa shape index (κ3) is 2.47. The molecule has 18 heavy (non-hydrogen) atoms. The van der Waals surface area contributed by atoms with E-state index in [2.05, 4.69) is 22.2 Å². The summed E-state index contributed by atoms with van der Waals surface area (Å²) < 4.78 is 13.1. The normalized spacial score (nSPS) is 17.0. The molecule has 3 rings (SSSR count). The minimum absolute atomic E-state index is 0.234. The number of hydrogen-bond donors (Lipinski definition) is 2. The zero-order valence-corrected chi connectivity index (χ0v) is 10.5. The molecule has 0 amide bonds. The van der Waals surface area contributed by atoms with Gasteiger partial charge in [0.1, 0.15) is 5.82 Å². The number of aromatic amines is 1. The van der Waals surface area contributed by atoms with Gasteiger partial charge in [0.05, 0.1) is 11.0 Å². The Kier molecular flexibility index (Phi) is 2.94. The second-order valence-corrected chi connectivity index (χ2v) is 5.18. The Morgan fingerprint density at radius 1 is 1.50 bits per heavy atom. The fraction of sp³-hybridized carbons (Fsp3) is 0.500.